The first kappa shape index (κ1) is 11.9. The van der Waals surface area contributed by atoms with Gasteiger partial charge in [-0.05, 0) is 0 Å². The van der Waals surface area contributed by atoms with Crippen LogP contribution in [0.25, 0.3) is 0 Å². The molecule has 84 valence electrons. The molecule has 0 saturated carbocycles. The number of methoxy groups -OCH3 is 2. The van der Waals surface area contributed by atoms with Crippen molar-refractivity contribution < 1.29 is 19.1 Å². The lowest BCUT2D eigenvalue weighted by molar-refractivity contribution is -0.959. The lowest BCUT2D eigenvalue weighted by atomic mass is 10.3. The second kappa shape index (κ2) is 5.66. The first-order chi connectivity index (χ1) is 6.75. The summed E-state index contributed by atoms with van der Waals surface area (Å²) in [6.45, 7) is 4.25. The molecular formula is C10H22NO3+. The predicted molar refractivity (Wildman–Crippen MR) is 53.9 cm³/mol. The lowest BCUT2D eigenvalue weighted by Gasteiger charge is -2.37. The molecule has 0 amide bonds. The Hall–Kier alpha value is -0.160. The van der Waals surface area contributed by atoms with Crippen LogP contribution in [0, 0.1) is 0 Å². The van der Waals surface area contributed by atoms with E-state index in [9.17, 15) is 5.11 Å². The minimum atomic E-state index is -0.222. The molecule has 1 fully saturated rings. The van der Waals surface area contributed by atoms with Crippen molar-refractivity contribution >= 4 is 0 Å². The van der Waals surface area contributed by atoms with Crippen molar-refractivity contribution in [2.24, 2.45) is 0 Å². The van der Waals surface area contributed by atoms with Crippen LogP contribution >= 0.6 is 0 Å². The molecule has 1 saturated heterocycles. The number of hydrogen-bond donors (Lipinski definition) is 1. The number of aliphatic hydroxyl groups is 1. The highest BCUT2D eigenvalue weighted by Gasteiger charge is 2.39. The third-order valence-electron chi connectivity index (χ3n) is 3.18. The van der Waals surface area contributed by atoms with Crippen LogP contribution in [0.1, 0.15) is 12.8 Å². The van der Waals surface area contributed by atoms with Gasteiger partial charge in [0, 0.05) is 27.1 Å². The average Bonchev–Trinajstić information content (AvgIpc) is 2.55. The summed E-state index contributed by atoms with van der Waals surface area (Å²) in [4.78, 5) is 0. The van der Waals surface area contributed by atoms with Crippen molar-refractivity contribution in [2.75, 3.05) is 47.1 Å². The zero-order valence-electron chi connectivity index (χ0n) is 9.24. The minimum Gasteiger partial charge on any atom is -0.379 e. The fraction of sp³-hybridized carbons (Fsp3) is 1.00. The van der Waals surface area contributed by atoms with Crippen molar-refractivity contribution in [3.8, 4) is 0 Å². The van der Waals surface area contributed by atoms with Crippen molar-refractivity contribution in [1.29, 1.82) is 0 Å². The summed E-state index contributed by atoms with van der Waals surface area (Å²) in [7, 11) is 3.41. The van der Waals surface area contributed by atoms with Crippen LogP contribution in [-0.4, -0.2) is 62.9 Å². The van der Waals surface area contributed by atoms with Crippen LogP contribution in [-0.2, 0) is 9.47 Å². The summed E-state index contributed by atoms with van der Waals surface area (Å²) >= 11 is 0. The van der Waals surface area contributed by atoms with E-state index in [2.05, 4.69) is 0 Å². The van der Waals surface area contributed by atoms with Gasteiger partial charge >= 0.3 is 0 Å². The molecule has 14 heavy (non-hydrogen) atoms. The molecule has 0 aromatic carbocycles. The Morgan fingerprint density at radius 1 is 1.21 bits per heavy atom. The van der Waals surface area contributed by atoms with Gasteiger partial charge in [0.15, 0.2) is 6.23 Å². The molecule has 0 radical (unpaired) electrons. The van der Waals surface area contributed by atoms with Gasteiger partial charge in [-0.2, -0.15) is 0 Å². The smallest absolute Gasteiger partial charge is 0.190 e. The Labute approximate surface area is 86.0 Å². The van der Waals surface area contributed by atoms with Crippen molar-refractivity contribution in [3.05, 3.63) is 0 Å². The van der Waals surface area contributed by atoms with E-state index >= 15 is 0 Å². The molecule has 1 unspecified atom stereocenters. The second-order valence-electron chi connectivity index (χ2n) is 4.00. The number of aliphatic hydroxyl groups excluding tert-OH is 1. The highest BCUT2D eigenvalue weighted by molar-refractivity contribution is 4.59. The number of hydrogen-bond acceptors (Lipinski definition) is 3. The minimum absolute atomic E-state index is 0.222. The number of ether oxygens (including phenoxy) is 2. The van der Waals surface area contributed by atoms with Gasteiger partial charge in [-0.3, -0.25) is 4.48 Å². The van der Waals surface area contributed by atoms with Crippen LogP contribution in [0.3, 0.4) is 0 Å². The fourth-order valence-corrected chi connectivity index (χ4v) is 2.19. The molecule has 1 aliphatic rings. The molecule has 1 aliphatic heterocycles. The summed E-state index contributed by atoms with van der Waals surface area (Å²) in [6.07, 6.45) is 1.79. The zero-order valence-corrected chi connectivity index (χ0v) is 9.24. The molecule has 0 aromatic heterocycles. The SMILES string of the molecule is COCC[N+]1(CCOC)CCCC1O. The molecule has 1 atom stereocenters. The molecule has 4 nitrogen and oxygen atoms in total. The van der Waals surface area contributed by atoms with Crippen LogP contribution in [0.5, 0.6) is 0 Å². The molecule has 4 heteroatoms. The van der Waals surface area contributed by atoms with Crippen molar-refractivity contribution in [2.45, 2.75) is 19.1 Å². The van der Waals surface area contributed by atoms with E-state index in [1.165, 1.54) is 0 Å². The van der Waals surface area contributed by atoms with E-state index in [1.807, 2.05) is 0 Å². The Morgan fingerprint density at radius 3 is 2.14 bits per heavy atom. The second-order valence-corrected chi connectivity index (χ2v) is 4.00. The number of nitrogens with zero attached hydrogens (tertiary/aromatic N) is 1. The summed E-state index contributed by atoms with van der Waals surface area (Å²) in [5.74, 6) is 0. The molecule has 1 rings (SSSR count). The standard InChI is InChI=1S/C10H22NO3/c1-13-8-6-11(7-9-14-2)5-3-4-10(11)12/h10,12H,3-9H2,1-2H3/q+1. The Balaban J connectivity index is 2.49. The van der Waals surface area contributed by atoms with Crippen molar-refractivity contribution in [3.63, 3.8) is 0 Å². The van der Waals surface area contributed by atoms with E-state index in [0.717, 1.165) is 37.0 Å². The fourth-order valence-electron chi connectivity index (χ4n) is 2.19. The molecule has 0 spiro atoms. The largest absolute Gasteiger partial charge is 0.379 e. The Morgan fingerprint density at radius 2 is 1.79 bits per heavy atom. The maximum absolute atomic E-state index is 9.95. The Kier molecular flexibility index (Phi) is 4.81. The zero-order chi connectivity index (χ0) is 10.4. The summed E-state index contributed by atoms with van der Waals surface area (Å²) in [5.41, 5.74) is 0. The highest BCUT2D eigenvalue weighted by atomic mass is 16.5. The van der Waals surface area contributed by atoms with Crippen LogP contribution in [0.4, 0.5) is 0 Å². The first-order valence-corrected chi connectivity index (χ1v) is 5.27. The van der Waals surface area contributed by atoms with Gasteiger partial charge < -0.3 is 14.6 Å². The molecular weight excluding hydrogens is 182 g/mol. The quantitative estimate of drug-likeness (QED) is 0.629. The van der Waals surface area contributed by atoms with Gasteiger partial charge in [0.1, 0.15) is 13.1 Å². The highest BCUT2D eigenvalue weighted by Crippen LogP contribution is 2.24. The summed E-state index contributed by atoms with van der Waals surface area (Å²) in [6, 6.07) is 0. The molecule has 0 aliphatic carbocycles. The molecule has 1 heterocycles. The van der Waals surface area contributed by atoms with Crippen LogP contribution < -0.4 is 0 Å². The predicted octanol–water partition coefficient (Wildman–Crippen LogP) is 0.208. The van der Waals surface area contributed by atoms with Crippen LogP contribution in [0.2, 0.25) is 0 Å². The molecule has 0 aromatic rings. The number of rotatable bonds is 6. The number of likely N-dealkylation sites (tertiary alicyclic amines) is 1. The Bertz CT molecular complexity index is 155. The van der Waals surface area contributed by atoms with E-state index in [4.69, 9.17) is 9.47 Å². The van der Waals surface area contributed by atoms with Gasteiger partial charge in [-0.15, -0.1) is 0 Å². The first-order valence-electron chi connectivity index (χ1n) is 5.27. The topological polar surface area (TPSA) is 38.7 Å². The van der Waals surface area contributed by atoms with Crippen molar-refractivity contribution in [1.82, 2.24) is 0 Å². The summed E-state index contributed by atoms with van der Waals surface area (Å²) < 4.78 is 10.9. The number of quaternary nitrogens is 1. The third-order valence-corrected chi connectivity index (χ3v) is 3.18. The van der Waals surface area contributed by atoms with E-state index in [1.54, 1.807) is 14.2 Å². The molecule has 1 N–H and O–H groups in total. The third kappa shape index (κ3) is 2.67. The van der Waals surface area contributed by atoms with E-state index in [0.29, 0.717) is 13.2 Å². The van der Waals surface area contributed by atoms with Gasteiger partial charge in [-0.1, -0.05) is 0 Å². The normalized spacial score (nSPS) is 25.5. The van der Waals surface area contributed by atoms with E-state index in [-0.39, 0.29) is 6.23 Å². The maximum Gasteiger partial charge on any atom is 0.190 e. The van der Waals surface area contributed by atoms with Gasteiger partial charge in [0.2, 0.25) is 0 Å². The lowest BCUT2D eigenvalue weighted by Crippen LogP contribution is -2.55. The van der Waals surface area contributed by atoms with Gasteiger partial charge in [0.05, 0.1) is 19.8 Å². The summed E-state index contributed by atoms with van der Waals surface area (Å²) in [5, 5.41) is 9.95. The maximum atomic E-state index is 9.95. The van der Waals surface area contributed by atoms with Gasteiger partial charge in [0.25, 0.3) is 0 Å². The average molecular weight is 204 g/mol. The molecule has 0 bridgehead atoms. The van der Waals surface area contributed by atoms with Gasteiger partial charge in [-0.25, -0.2) is 0 Å². The monoisotopic (exact) mass is 204 g/mol. The van der Waals surface area contributed by atoms with E-state index < -0.39 is 0 Å². The van der Waals surface area contributed by atoms with Crippen LogP contribution in [0.15, 0.2) is 0 Å².